The molecule has 1 saturated heterocycles. The number of amides is 1. The monoisotopic (exact) mass is 384 g/mol. The maximum Gasteiger partial charge on any atom is 0.251 e. The minimum atomic E-state index is -3.54. The van der Waals surface area contributed by atoms with Gasteiger partial charge in [0.25, 0.3) is 5.91 Å². The first-order chi connectivity index (χ1) is 13.1. The highest BCUT2D eigenvalue weighted by Gasteiger charge is 2.27. The standard InChI is InChI=1S/C21H24N2O3S/c24-21(22-20-12-11-16-7-2-3-10-19(16)20)17-8-6-9-18(15-17)27(25,26)23-13-4-1-5-14-23/h2-3,6-10,15,20H,1,4-5,11-14H2,(H,22,24). The second-order valence-electron chi connectivity index (χ2n) is 7.26. The molecular formula is C21H24N2O3S. The van der Waals surface area contributed by atoms with Crippen molar-refractivity contribution in [2.75, 3.05) is 13.1 Å². The summed E-state index contributed by atoms with van der Waals surface area (Å²) in [5.74, 6) is -0.229. The van der Waals surface area contributed by atoms with Crippen LogP contribution in [0.1, 0.15) is 53.2 Å². The molecule has 1 amide bonds. The van der Waals surface area contributed by atoms with Crippen molar-refractivity contribution in [1.82, 2.24) is 9.62 Å². The number of benzene rings is 2. The lowest BCUT2D eigenvalue weighted by Crippen LogP contribution is -2.35. The van der Waals surface area contributed by atoms with Crippen molar-refractivity contribution in [3.63, 3.8) is 0 Å². The molecule has 1 unspecified atom stereocenters. The number of sulfonamides is 1. The molecule has 1 heterocycles. The third kappa shape index (κ3) is 3.64. The van der Waals surface area contributed by atoms with Gasteiger partial charge in [0.1, 0.15) is 0 Å². The number of fused-ring (bicyclic) bond motifs is 1. The molecule has 0 radical (unpaired) electrons. The van der Waals surface area contributed by atoms with Gasteiger partial charge >= 0.3 is 0 Å². The number of rotatable bonds is 4. The summed E-state index contributed by atoms with van der Waals surface area (Å²) in [4.78, 5) is 12.9. The van der Waals surface area contributed by atoms with Gasteiger partial charge in [-0.15, -0.1) is 0 Å². The summed E-state index contributed by atoms with van der Waals surface area (Å²) >= 11 is 0. The molecule has 1 aliphatic heterocycles. The van der Waals surface area contributed by atoms with Crippen LogP contribution in [0, 0.1) is 0 Å². The molecular weight excluding hydrogens is 360 g/mol. The Morgan fingerprint density at radius 2 is 1.78 bits per heavy atom. The Balaban J connectivity index is 1.53. The van der Waals surface area contributed by atoms with E-state index >= 15 is 0 Å². The van der Waals surface area contributed by atoms with Gasteiger partial charge in [-0.25, -0.2) is 8.42 Å². The lowest BCUT2D eigenvalue weighted by atomic mass is 10.1. The van der Waals surface area contributed by atoms with Crippen molar-refractivity contribution < 1.29 is 13.2 Å². The molecule has 4 rings (SSSR count). The smallest absolute Gasteiger partial charge is 0.251 e. The lowest BCUT2D eigenvalue weighted by molar-refractivity contribution is 0.0936. The van der Waals surface area contributed by atoms with Gasteiger partial charge in [-0.3, -0.25) is 4.79 Å². The predicted octanol–water partition coefficient (Wildman–Crippen LogP) is 3.28. The number of hydrogen-bond acceptors (Lipinski definition) is 3. The Hall–Kier alpha value is -2.18. The summed E-state index contributed by atoms with van der Waals surface area (Å²) in [5.41, 5.74) is 2.81. The SMILES string of the molecule is O=C(NC1CCc2ccccc21)c1cccc(S(=O)(=O)N2CCCCC2)c1. The van der Waals surface area contributed by atoms with E-state index in [2.05, 4.69) is 11.4 Å². The number of carbonyl (C=O) groups excluding carboxylic acids is 1. The van der Waals surface area contributed by atoms with E-state index < -0.39 is 10.0 Å². The quantitative estimate of drug-likeness (QED) is 0.880. The largest absolute Gasteiger partial charge is 0.345 e. The first-order valence-corrected chi connectivity index (χ1v) is 11.0. The Morgan fingerprint density at radius 1 is 1.00 bits per heavy atom. The molecule has 1 aliphatic carbocycles. The van der Waals surface area contributed by atoms with Gasteiger partial charge in [0, 0.05) is 18.7 Å². The minimum absolute atomic E-state index is 0.0175. The Bertz CT molecular complexity index is 949. The third-order valence-corrected chi connectivity index (χ3v) is 7.38. The van der Waals surface area contributed by atoms with Crippen LogP contribution < -0.4 is 5.32 Å². The van der Waals surface area contributed by atoms with Gasteiger partial charge in [-0.1, -0.05) is 36.8 Å². The molecule has 5 nitrogen and oxygen atoms in total. The van der Waals surface area contributed by atoms with Crippen LogP contribution in [0.4, 0.5) is 0 Å². The van der Waals surface area contributed by atoms with Crippen LogP contribution in [0.5, 0.6) is 0 Å². The Labute approximate surface area is 160 Å². The minimum Gasteiger partial charge on any atom is -0.345 e. The third-order valence-electron chi connectivity index (χ3n) is 5.49. The van der Waals surface area contributed by atoms with Gasteiger partial charge < -0.3 is 5.32 Å². The fourth-order valence-corrected chi connectivity index (χ4v) is 5.56. The van der Waals surface area contributed by atoms with Crippen molar-refractivity contribution in [3.8, 4) is 0 Å². The fourth-order valence-electron chi connectivity index (χ4n) is 4.00. The molecule has 2 aliphatic rings. The van der Waals surface area contributed by atoms with Crippen LogP contribution in [0.3, 0.4) is 0 Å². The maximum atomic E-state index is 12.9. The van der Waals surface area contributed by atoms with E-state index in [-0.39, 0.29) is 16.8 Å². The molecule has 27 heavy (non-hydrogen) atoms. The van der Waals surface area contributed by atoms with Crippen molar-refractivity contribution >= 4 is 15.9 Å². The summed E-state index contributed by atoms with van der Waals surface area (Å²) < 4.78 is 27.3. The normalized spacial score (nSPS) is 20.2. The summed E-state index contributed by atoms with van der Waals surface area (Å²) in [5, 5.41) is 3.06. The molecule has 142 valence electrons. The molecule has 0 aromatic heterocycles. The van der Waals surface area contributed by atoms with Crippen molar-refractivity contribution in [1.29, 1.82) is 0 Å². The second-order valence-corrected chi connectivity index (χ2v) is 9.19. The fraction of sp³-hybridized carbons (Fsp3) is 0.381. The number of nitrogens with zero attached hydrogens (tertiary/aromatic N) is 1. The highest BCUT2D eigenvalue weighted by Crippen LogP contribution is 2.31. The van der Waals surface area contributed by atoms with Crippen LogP contribution in [0.2, 0.25) is 0 Å². The van der Waals surface area contributed by atoms with E-state index in [0.717, 1.165) is 37.7 Å². The Kier molecular flexibility index (Phi) is 5.02. The van der Waals surface area contributed by atoms with E-state index in [4.69, 9.17) is 0 Å². The molecule has 1 atom stereocenters. The van der Waals surface area contributed by atoms with Gasteiger partial charge in [-0.05, 0) is 55.0 Å². The topological polar surface area (TPSA) is 66.5 Å². The first kappa shape index (κ1) is 18.2. The average Bonchev–Trinajstić information content (AvgIpc) is 3.12. The van der Waals surface area contributed by atoms with E-state index in [0.29, 0.717) is 18.7 Å². The summed E-state index contributed by atoms with van der Waals surface area (Å²) in [6.07, 6.45) is 4.67. The van der Waals surface area contributed by atoms with E-state index in [1.165, 1.54) is 15.9 Å². The van der Waals surface area contributed by atoms with Gasteiger partial charge in [-0.2, -0.15) is 4.31 Å². The maximum absolute atomic E-state index is 12.9. The van der Waals surface area contributed by atoms with Crippen molar-refractivity contribution in [3.05, 3.63) is 65.2 Å². The van der Waals surface area contributed by atoms with Gasteiger partial charge in [0.05, 0.1) is 10.9 Å². The van der Waals surface area contributed by atoms with E-state index in [9.17, 15) is 13.2 Å². The van der Waals surface area contributed by atoms with Crippen LogP contribution in [0.15, 0.2) is 53.4 Å². The number of nitrogens with one attached hydrogen (secondary N) is 1. The molecule has 2 aromatic rings. The number of aryl methyl sites for hydroxylation is 1. The summed E-state index contributed by atoms with van der Waals surface area (Å²) in [7, 11) is -3.54. The molecule has 2 aromatic carbocycles. The zero-order chi connectivity index (χ0) is 18.9. The molecule has 6 heteroatoms. The second kappa shape index (κ2) is 7.44. The molecule has 1 fully saturated rings. The predicted molar refractivity (Wildman–Crippen MR) is 104 cm³/mol. The van der Waals surface area contributed by atoms with Crippen LogP contribution in [-0.2, 0) is 16.4 Å². The zero-order valence-corrected chi connectivity index (χ0v) is 16.0. The van der Waals surface area contributed by atoms with Crippen molar-refractivity contribution in [2.45, 2.75) is 43.0 Å². The Morgan fingerprint density at radius 3 is 2.59 bits per heavy atom. The lowest BCUT2D eigenvalue weighted by Gasteiger charge is -2.26. The number of piperidine rings is 1. The number of hydrogen-bond donors (Lipinski definition) is 1. The van der Waals surface area contributed by atoms with E-state index in [1.807, 2.05) is 18.2 Å². The van der Waals surface area contributed by atoms with Crippen molar-refractivity contribution in [2.24, 2.45) is 0 Å². The average molecular weight is 385 g/mol. The van der Waals surface area contributed by atoms with Crippen LogP contribution in [-0.4, -0.2) is 31.7 Å². The molecule has 0 saturated carbocycles. The summed E-state index contributed by atoms with van der Waals surface area (Å²) in [6, 6.07) is 14.5. The first-order valence-electron chi connectivity index (χ1n) is 9.54. The molecule has 0 bridgehead atoms. The number of carbonyl (C=O) groups is 1. The summed E-state index contributed by atoms with van der Waals surface area (Å²) in [6.45, 7) is 1.11. The molecule has 0 spiro atoms. The zero-order valence-electron chi connectivity index (χ0n) is 15.2. The van der Waals surface area contributed by atoms with Gasteiger partial charge in [0.2, 0.25) is 10.0 Å². The van der Waals surface area contributed by atoms with E-state index in [1.54, 1.807) is 18.2 Å². The highest BCUT2D eigenvalue weighted by molar-refractivity contribution is 7.89. The van der Waals surface area contributed by atoms with Gasteiger partial charge in [0.15, 0.2) is 0 Å². The highest BCUT2D eigenvalue weighted by atomic mass is 32.2. The van der Waals surface area contributed by atoms with Crippen LogP contribution >= 0.6 is 0 Å². The molecule has 1 N–H and O–H groups in total. The van der Waals surface area contributed by atoms with Crippen LogP contribution in [0.25, 0.3) is 0 Å².